The molecule has 104 valence electrons. The number of nitrogens with one attached hydrogen (secondary N) is 1. The number of nitrogens with zero attached hydrogens (tertiary/aromatic N) is 1. The molecule has 0 aromatic heterocycles. The van der Waals surface area contributed by atoms with Gasteiger partial charge in [-0.3, -0.25) is 4.90 Å². The molecule has 2 heterocycles. The van der Waals surface area contributed by atoms with Crippen LogP contribution in [0, 0.1) is 0 Å². The maximum Gasteiger partial charge on any atom is 0.118 e. The summed E-state index contributed by atoms with van der Waals surface area (Å²) in [6, 6.07) is 10.1. The summed E-state index contributed by atoms with van der Waals surface area (Å²) in [5.74, 6) is 0.947. The summed E-state index contributed by atoms with van der Waals surface area (Å²) < 4.78 is 5.21. The van der Waals surface area contributed by atoms with Gasteiger partial charge in [0.2, 0.25) is 0 Å². The molecule has 0 aliphatic carbocycles. The molecule has 3 rings (SSSR count). The molecule has 3 nitrogen and oxygen atoms in total. The molecule has 2 unspecified atom stereocenters. The SMILES string of the molecule is COc1ccc(CCN2C3CCNCC2CC3)cc1. The van der Waals surface area contributed by atoms with E-state index < -0.39 is 0 Å². The predicted octanol–water partition coefficient (Wildman–Crippen LogP) is 2.06. The minimum atomic E-state index is 0.769. The summed E-state index contributed by atoms with van der Waals surface area (Å²) in [6.07, 6.45) is 5.24. The van der Waals surface area contributed by atoms with Crippen molar-refractivity contribution in [3.05, 3.63) is 29.8 Å². The van der Waals surface area contributed by atoms with Gasteiger partial charge in [0.15, 0.2) is 0 Å². The van der Waals surface area contributed by atoms with Crippen LogP contribution in [0.2, 0.25) is 0 Å². The number of methoxy groups -OCH3 is 1. The molecule has 0 saturated carbocycles. The fourth-order valence-electron chi connectivity index (χ4n) is 3.50. The van der Waals surface area contributed by atoms with Crippen molar-refractivity contribution in [1.82, 2.24) is 10.2 Å². The first-order valence-corrected chi connectivity index (χ1v) is 7.46. The predicted molar refractivity (Wildman–Crippen MR) is 77.7 cm³/mol. The van der Waals surface area contributed by atoms with E-state index in [0.717, 1.165) is 24.3 Å². The molecule has 2 aliphatic heterocycles. The van der Waals surface area contributed by atoms with Crippen molar-refractivity contribution >= 4 is 0 Å². The molecular formula is C16H24N2O. The number of benzene rings is 1. The maximum atomic E-state index is 5.21. The Labute approximate surface area is 115 Å². The average molecular weight is 260 g/mol. The van der Waals surface area contributed by atoms with Crippen LogP contribution < -0.4 is 10.1 Å². The second-order valence-electron chi connectivity index (χ2n) is 5.71. The van der Waals surface area contributed by atoms with Gasteiger partial charge in [0.1, 0.15) is 5.75 Å². The Morgan fingerprint density at radius 3 is 2.74 bits per heavy atom. The van der Waals surface area contributed by atoms with Gasteiger partial charge in [-0.25, -0.2) is 0 Å². The number of hydrogen-bond donors (Lipinski definition) is 1. The lowest BCUT2D eigenvalue weighted by atomic mass is 10.1. The summed E-state index contributed by atoms with van der Waals surface area (Å²) in [7, 11) is 1.72. The Kier molecular flexibility index (Phi) is 4.04. The van der Waals surface area contributed by atoms with Crippen LogP contribution in [0.1, 0.15) is 24.8 Å². The fraction of sp³-hybridized carbons (Fsp3) is 0.625. The number of ether oxygens (including phenoxy) is 1. The molecular weight excluding hydrogens is 236 g/mol. The Bertz CT molecular complexity index is 390. The van der Waals surface area contributed by atoms with Crippen LogP contribution in [0.25, 0.3) is 0 Å². The van der Waals surface area contributed by atoms with Crippen molar-refractivity contribution in [3.63, 3.8) is 0 Å². The van der Waals surface area contributed by atoms with Gasteiger partial charge in [-0.05, 0) is 49.9 Å². The first-order chi connectivity index (χ1) is 9.36. The minimum absolute atomic E-state index is 0.769. The molecule has 2 saturated heterocycles. The summed E-state index contributed by atoms with van der Waals surface area (Å²) in [6.45, 7) is 3.57. The van der Waals surface area contributed by atoms with Crippen LogP contribution in [0.5, 0.6) is 5.75 Å². The van der Waals surface area contributed by atoms with Gasteiger partial charge in [0.05, 0.1) is 7.11 Å². The molecule has 1 aromatic carbocycles. The summed E-state index contributed by atoms with van der Waals surface area (Å²) in [5.41, 5.74) is 1.41. The third-order valence-corrected chi connectivity index (χ3v) is 4.62. The molecule has 1 N–H and O–H groups in total. The van der Waals surface area contributed by atoms with Crippen LogP contribution in [0.15, 0.2) is 24.3 Å². The second kappa shape index (κ2) is 5.93. The molecule has 2 fully saturated rings. The monoisotopic (exact) mass is 260 g/mol. The largest absolute Gasteiger partial charge is 0.497 e. The Morgan fingerprint density at radius 1 is 1.16 bits per heavy atom. The topological polar surface area (TPSA) is 24.5 Å². The Morgan fingerprint density at radius 2 is 1.95 bits per heavy atom. The Hall–Kier alpha value is -1.06. The summed E-state index contributed by atoms with van der Waals surface area (Å²) in [5, 5.41) is 3.56. The highest BCUT2D eigenvalue weighted by Crippen LogP contribution is 2.28. The zero-order valence-corrected chi connectivity index (χ0v) is 11.8. The van der Waals surface area contributed by atoms with Gasteiger partial charge in [-0.2, -0.15) is 0 Å². The minimum Gasteiger partial charge on any atom is -0.497 e. The van der Waals surface area contributed by atoms with E-state index in [9.17, 15) is 0 Å². The van der Waals surface area contributed by atoms with Gasteiger partial charge in [-0.1, -0.05) is 12.1 Å². The molecule has 0 spiro atoms. The molecule has 0 radical (unpaired) electrons. The van der Waals surface area contributed by atoms with E-state index in [4.69, 9.17) is 4.74 Å². The zero-order chi connectivity index (χ0) is 13.1. The van der Waals surface area contributed by atoms with Crippen molar-refractivity contribution in [2.24, 2.45) is 0 Å². The van der Waals surface area contributed by atoms with Crippen LogP contribution >= 0.6 is 0 Å². The fourth-order valence-corrected chi connectivity index (χ4v) is 3.50. The highest BCUT2D eigenvalue weighted by Gasteiger charge is 2.34. The maximum absolute atomic E-state index is 5.21. The molecule has 2 atom stereocenters. The van der Waals surface area contributed by atoms with Crippen LogP contribution in [-0.2, 0) is 6.42 Å². The summed E-state index contributed by atoms with van der Waals surface area (Å²) >= 11 is 0. The van der Waals surface area contributed by atoms with Gasteiger partial charge < -0.3 is 10.1 Å². The first kappa shape index (κ1) is 12.9. The molecule has 1 aromatic rings. The lowest BCUT2D eigenvalue weighted by Crippen LogP contribution is -2.39. The van der Waals surface area contributed by atoms with Gasteiger partial charge in [-0.15, -0.1) is 0 Å². The van der Waals surface area contributed by atoms with Crippen molar-refractivity contribution in [2.75, 3.05) is 26.7 Å². The second-order valence-corrected chi connectivity index (χ2v) is 5.71. The van der Waals surface area contributed by atoms with Crippen molar-refractivity contribution in [1.29, 1.82) is 0 Å². The highest BCUT2D eigenvalue weighted by molar-refractivity contribution is 5.27. The van der Waals surface area contributed by atoms with Crippen molar-refractivity contribution in [3.8, 4) is 5.75 Å². The molecule has 2 aliphatic rings. The van der Waals surface area contributed by atoms with E-state index in [0.29, 0.717) is 0 Å². The third-order valence-electron chi connectivity index (χ3n) is 4.62. The number of rotatable bonds is 4. The third kappa shape index (κ3) is 2.93. The average Bonchev–Trinajstić information content (AvgIpc) is 2.70. The molecule has 19 heavy (non-hydrogen) atoms. The lowest BCUT2D eigenvalue weighted by Gasteiger charge is -2.27. The van der Waals surface area contributed by atoms with Gasteiger partial charge >= 0.3 is 0 Å². The smallest absolute Gasteiger partial charge is 0.118 e. The first-order valence-electron chi connectivity index (χ1n) is 7.46. The lowest BCUT2D eigenvalue weighted by molar-refractivity contribution is 0.205. The highest BCUT2D eigenvalue weighted by atomic mass is 16.5. The van der Waals surface area contributed by atoms with E-state index in [1.807, 2.05) is 0 Å². The van der Waals surface area contributed by atoms with Crippen molar-refractivity contribution < 1.29 is 4.74 Å². The quantitative estimate of drug-likeness (QED) is 0.897. The molecule has 0 amide bonds. The Balaban J connectivity index is 1.58. The van der Waals surface area contributed by atoms with Crippen molar-refractivity contribution in [2.45, 2.75) is 37.8 Å². The summed E-state index contributed by atoms with van der Waals surface area (Å²) in [4.78, 5) is 2.74. The standard InChI is InChI=1S/C16H24N2O/c1-19-16-6-2-13(3-7-16)9-11-18-14-4-5-15(18)12-17-10-8-14/h2-3,6-7,14-15,17H,4-5,8-12H2,1H3. The van der Waals surface area contributed by atoms with Crippen LogP contribution in [0.3, 0.4) is 0 Å². The normalized spacial score (nSPS) is 27.2. The van der Waals surface area contributed by atoms with Crippen LogP contribution in [0.4, 0.5) is 0 Å². The zero-order valence-electron chi connectivity index (χ0n) is 11.8. The molecule has 2 bridgehead atoms. The van der Waals surface area contributed by atoms with E-state index in [1.54, 1.807) is 7.11 Å². The van der Waals surface area contributed by atoms with E-state index in [-0.39, 0.29) is 0 Å². The number of fused-ring (bicyclic) bond motifs is 2. The van der Waals surface area contributed by atoms with E-state index in [1.165, 1.54) is 44.5 Å². The van der Waals surface area contributed by atoms with Gasteiger partial charge in [0.25, 0.3) is 0 Å². The van der Waals surface area contributed by atoms with Crippen LogP contribution in [-0.4, -0.2) is 43.7 Å². The van der Waals surface area contributed by atoms with E-state index in [2.05, 4.69) is 34.5 Å². The number of hydrogen-bond acceptors (Lipinski definition) is 3. The molecule has 3 heteroatoms. The van der Waals surface area contributed by atoms with Gasteiger partial charge in [0, 0.05) is 25.2 Å². The van der Waals surface area contributed by atoms with E-state index >= 15 is 0 Å².